The summed E-state index contributed by atoms with van der Waals surface area (Å²) in [4.78, 5) is 14.1. The van der Waals surface area contributed by atoms with Gasteiger partial charge in [0.1, 0.15) is 5.82 Å². The summed E-state index contributed by atoms with van der Waals surface area (Å²) in [6.07, 6.45) is -0.648. The number of amides is 1. The van der Waals surface area contributed by atoms with Crippen molar-refractivity contribution in [3.05, 3.63) is 29.6 Å². The van der Waals surface area contributed by atoms with Crippen LogP contribution in [0.3, 0.4) is 0 Å². The van der Waals surface area contributed by atoms with Crippen LogP contribution in [-0.4, -0.2) is 36.6 Å². The first-order valence-electron chi connectivity index (χ1n) is 5.41. The first-order valence-corrected chi connectivity index (χ1v) is 5.85. The average Bonchev–Trinajstić information content (AvgIpc) is 2.41. The lowest BCUT2D eigenvalue weighted by Gasteiger charge is -2.29. The van der Waals surface area contributed by atoms with Gasteiger partial charge in [-0.15, -0.1) is 12.6 Å². The van der Waals surface area contributed by atoms with Crippen LogP contribution in [0.2, 0.25) is 0 Å². The van der Waals surface area contributed by atoms with Gasteiger partial charge in [-0.1, -0.05) is 0 Å². The molecule has 1 saturated heterocycles. The fraction of sp³-hybridized carbons (Fsp3) is 0.333. The van der Waals surface area contributed by atoms with E-state index in [0.29, 0.717) is 11.4 Å². The highest BCUT2D eigenvalue weighted by molar-refractivity contribution is 7.80. The molecule has 1 aliphatic heterocycles. The highest BCUT2D eigenvalue weighted by Gasteiger charge is 2.26. The Morgan fingerprint density at radius 2 is 2.39 bits per heavy atom. The fourth-order valence-corrected chi connectivity index (χ4v) is 1.96. The number of nitrogens with zero attached hydrogens (tertiary/aromatic N) is 2. The van der Waals surface area contributed by atoms with E-state index in [4.69, 9.17) is 10.00 Å². The summed E-state index contributed by atoms with van der Waals surface area (Å²) in [6.45, 7) is 0.797. The van der Waals surface area contributed by atoms with Crippen molar-refractivity contribution in [2.75, 3.05) is 19.7 Å². The molecule has 2 rings (SSSR count). The molecule has 4 nitrogen and oxygen atoms in total. The van der Waals surface area contributed by atoms with E-state index >= 15 is 0 Å². The zero-order chi connectivity index (χ0) is 13.1. The van der Waals surface area contributed by atoms with Gasteiger partial charge in [-0.05, 0) is 18.2 Å². The van der Waals surface area contributed by atoms with Crippen LogP contribution in [0.4, 0.5) is 4.39 Å². The third-order valence-corrected chi connectivity index (χ3v) is 2.96. The van der Waals surface area contributed by atoms with Gasteiger partial charge in [0.25, 0.3) is 5.91 Å². The maximum absolute atomic E-state index is 13.6. The van der Waals surface area contributed by atoms with Gasteiger partial charge in [-0.3, -0.25) is 4.79 Å². The first kappa shape index (κ1) is 12.9. The van der Waals surface area contributed by atoms with Crippen LogP contribution >= 0.6 is 12.6 Å². The van der Waals surface area contributed by atoms with Gasteiger partial charge in [-0.25, -0.2) is 4.39 Å². The standard InChI is InChI=1S/C12H11FN2O2S/c13-11-2-1-9(18)5-10(11)12(16)15-3-4-17-8(6-14)7-15/h1-2,5,8,18H,3-4,7H2. The Balaban J connectivity index is 2.21. The highest BCUT2D eigenvalue weighted by atomic mass is 32.1. The van der Waals surface area contributed by atoms with E-state index in [0.717, 1.165) is 0 Å². The third kappa shape index (κ3) is 2.63. The Morgan fingerprint density at radius 1 is 1.61 bits per heavy atom. The molecule has 1 unspecified atom stereocenters. The van der Waals surface area contributed by atoms with Crippen molar-refractivity contribution < 1.29 is 13.9 Å². The van der Waals surface area contributed by atoms with Crippen LogP contribution in [0.25, 0.3) is 0 Å². The van der Waals surface area contributed by atoms with Crippen molar-refractivity contribution in [3.63, 3.8) is 0 Å². The SMILES string of the molecule is N#CC1CN(C(=O)c2cc(S)ccc2F)CCO1. The van der Waals surface area contributed by atoms with E-state index in [1.807, 2.05) is 6.07 Å². The normalized spacial score (nSPS) is 19.4. The summed E-state index contributed by atoms with van der Waals surface area (Å²) < 4.78 is 18.7. The lowest BCUT2D eigenvalue weighted by atomic mass is 10.1. The molecule has 1 aliphatic rings. The van der Waals surface area contributed by atoms with E-state index in [1.54, 1.807) is 0 Å². The molecule has 1 amide bonds. The maximum atomic E-state index is 13.6. The molecule has 0 bridgehead atoms. The van der Waals surface area contributed by atoms with E-state index in [-0.39, 0.29) is 18.7 Å². The molecule has 1 aromatic carbocycles. The van der Waals surface area contributed by atoms with E-state index < -0.39 is 17.8 Å². The minimum Gasteiger partial charge on any atom is -0.360 e. The lowest BCUT2D eigenvalue weighted by molar-refractivity contribution is 0.00325. The zero-order valence-electron chi connectivity index (χ0n) is 9.47. The molecule has 0 N–H and O–H groups in total. The van der Waals surface area contributed by atoms with Crippen molar-refractivity contribution in [1.82, 2.24) is 4.90 Å². The highest BCUT2D eigenvalue weighted by Crippen LogP contribution is 2.17. The minimum atomic E-state index is -0.648. The number of ether oxygens (including phenoxy) is 1. The van der Waals surface area contributed by atoms with Crippen molar-refractivity contribution >= 4 is 18.5 Å². The molecule has 6 heteroatoms. The number of hydrogen-bond acceptors (Lipinski definition) is 4. The summed E-state index contributed by atoms with van der Waals surface area (Å²) in [7, 11) is 0. The summed E-state index contributed by atoms with van der Waals surface area (Å²) in [6, 6.07) is 6.01. The van der Waals surface area contributed by atoms with Gasteiger partial charge in [0.15, 0.2) is 6.10 Å². The number of carbonyl (C=O) groups is 1. The predicted molar refractivity (Wildman–Crippen MR) is 64.9 cm³/mol. The zero-order valence-corrected chi connectivity index (χ0v) is 10.4. The predicted octanol–water partition coefficient (Wildman–Crippen LogP) is 1.48. The quantitative estimate of drug-likeness (QED) is 0.783. The van der Waals surface area contributed by atoms with Crippen LogP contribution in [0.15, 0.2) is 23.1 Å². The number of nitriles is 1. The Labute approximate surface area is 109 Å². The number of rotatable bonds is 1. The molecule has 1 atom stereocenters. The summed E-state index contributed by atoms with van der Waals surface area (Å²) in [5, 5.41) is 8.76. The second-order valence-corrected chi connectivity index (χ2v) is 4.42. The van der Waals surface area contributed by atoms with Crippen molar-refractivity contribution in [3.8, 4) is 6.07 Å². The van der Waals surface area contributed by atoms with Gasteiger partial charge >= 0.3 is 0 Å². The molecule has 0 aliphatic carbocycles. The molecule has 0 spiro atoms. The fourth-order valence-electron chi connectivity index (χ4n) is 1.76. The van der Waals surface area contributed by atoms with Crippen LogP contribution in [0, 0.1) is 17.1 Å². The number of hydrogen-bond donors (Lipinski definition) is 1. The lowest BCUT2D eigenvalue weighted by Crippen LogP contribution is -2.45. The van der Waals surface area contributed by atoms with E-state index in [1.165, 1.54) is 23.1 Å². The Bertz CT molecular complexity index is 515. The molecular weight excluding hydrogens is 255 g/mol. The van der Waals surface area contributed by atoms with Crippen molar-refractivity contribution in [2.45, 2.75) is 11.0 Å². The molecule has 1 fully saturated rings. The maximum Gasteiger partial charge on any atom is 0.257 e. The summed E-state index contributed by atoms with van der Waals surface area (Å²) in [5.74, 6) is -1.02. The summed E-state index contributed by atoms with van der Waals surface area (Å²) in [5.41, 5.74) is -0.0268. The summed E-state index contributed by atoms with van der Waals surface area (Å²) >= 11 is 4.08. The number of morpholine rings is 1. The number of halogens is 1. The molecule has 0 radical (unpaired) electrons. The topological polar surface area (TPSA) is 53.3 Å². The Kier molecular flexibility index (Phi) is 3.84. The van der Waals surface area contributed by atoms with Crippen LogP contribution in [0.1, 0.15) is 10.4 Å². The molecule has 0 aromatic heterocycles. The molecule has 1 aromatic rings. The number of benzene rings is 1. The molecule has 94 valence electrons. The van der Waals surface area contributed by atoms with Crippen LogP contribution < -0.4 is 0 Å². The largest absolute Gasteiger partial charge is 0.360 e. The van der Waals surface area contributed by atoms with Gasteiger partial charge in [0, 0.05) is 11.4 Å². The second-order valence-electron chi connectivity index (χ2n) is 3.90. The van der Waals surface area contributed by atoms with Gasteiger partial charge in [-0.2, -0.15) is 5.26 Å². The van der Waals surface area contributed by atoms with Crippen molar-refractivity contribution in [2.24, 2.45) is 0 Å². The Hall–Kier alpha value is -1.58. The molecule has 1 heterocycles. The van der Waals surface area contributed by atoms with Crippen molar-refractivity contribution in [1.29, 1.82) is 5.26 Å². The molecular formula is C12H11FN2O2S. The third-order valence-electron chi connectivity index (χ3n) is 2.68. The van der Waals surface area contributed by atoms with Crippen LogP contribution in [-0.2, 0) is 4.74 Å². The minimum absolute atomic E-state index is 0.0268. The van der Waals surface area contributed by atoms with E-state index in [2.05, 4.69) is 12.6 Å². The first-order chi connectivity index (χ1) is 8.61. The number of carbonyl (C=O) groups excluding carboxylic acids is 1. The molecule has 18 heavy (non-hydrogen) atoms. The van der Waals surface area contributed by atoms with Crippen LogP contribution in [0.5, 0.6) is 0 Å². The monoisotopic (exact) mass is 266 g/mol. The van der Waals surface area contributed by atoms with E-state index in [9.17, 15) is 9.18 Å². The second kappa shape index (κ2) is 5.38. The number of thiol groups is 1. The molecule has 0 saturated carbocycles. The smallest absolute Gasteiger partial charge is 0.257 e. The van der Waals surface area contributed by atoms with Gasteiger partial charge in [0.2, 0.25) is 0 Å². The van der Waals surface area contributed by atoms with Gasteiger partial charge in [0.05, 0.1) is 24.8 Å². The van der Waals surface area contributed by atoms with Gasteiger partial charge < -0.3 is 9.64 Å². The average molecular weight is 266 g/mol. The Morgan fingerprint density at radius 3 is 3.11 bits per heavy atom.